The van der Waals surface area contributed by atoms with Gasteiger partial charge in [0.2, 0.25) is 0 Å². The lowest BCUT2D eigenvalue weighted by molar-refractivity contribution is 0.0578. The van der Waals surface area contributed by atoms with Crippen LogP contribution in [-0.2, 0) is 6.54 Å². The summed E-state index contributed by atoms with van der Waals surface area (Å²) in [6, 6.07) is 4.24. The molecule has 0 aliphatic carbocycles. The molecule has 0 radical (unpaired) electrons. The average molecular weight is 339 g/mol. The van der Waals surface area contributed by atoms with Crippen molar-refractivity contribution in [1.82, 2.24) is 24.8 Å². The van der Waals surface area contributed by atoms with E-state index in [1.165, 1.54) is 11.8 Å². The van der Waals surface area contributed by atoms with E-state index in [2.05, 4.69) is 25.9 Å². The Labute approximate surface area is 145 Å². The number of H-pyrrole nitrogens is 1. The van der Waals surface area contributed by atoms with E-state index in [1.807, 2.05) is 17.2 Å². The highest BCUT2D eigenvalue weighted by atomic mass is 16.2. The number of aromatic amines is 1. The number of carbonyl (C=O) groups is 1. The molecule has 0 spiro atoms. The quantitative estimate of drug-likeness (QED) is 0.898. The summed E-state index contributed by atoms with van der Waals surface area (Å²) in [5.41, 5.74) is 1.21. The predicted octanol–water partition coefficient (Wildman–Crippen LogP) is 0.901. The summed E-state index contributed by atoms with van der Waals surface area (Å²) < 4.78 is 0. The van der Waals surface area contributed by atoms with E-state index >= 15 is 0 Å². The highest BCUT2D eigenvalue weighted by Crippen LogP contribution is 2.29. The van der Waals surface area contributed by atoms with E-state index in [9.17, 15) is 9.59 Å². The molecule has 2 bridgehead atoms. The molecule has 2 aromatic rings. The van der Waals surface area contributed by atoms with Crippen molar-refractivity contribution >= 4 is 5.91 Å². The third-order valence-electron chi connectivity index (χ3n) is 5.07. The first-order valence-electron chi connectivity index (χ1n) is 8.66. The predicted molar refractivity (Wildman–Crippen MR) is 91.9 cm³/mol. The van der Waals surface area contributed by atoms with E-state index in [4.69, 9.17) is 0 Å². The smallest absolute Gasteiger partial charge is 0.274 e. The number of nitrogens with one attached hydrogen (secondary N) is 1. The number of nitrogens with zero attached hydrogens (tertiary/aromatic N) is 4. The molecule has 130 valence electrons. The number of carbonyl (C=O) groups excluding carboxylic acids is 1. The van der Waals surface area contributed by atoms with E-state index in [0.717, 1.165) is 45.2 Å². The van der Waals surface area contributed by atoms with Gasteiger partial charge in [0.05, 0.1) is 6.20 Å². The number of aromatic nitrogens is 3. The molecule has 2 aromatic heterocycles. The van der Waals surface area contributed by atoms with Crippen molar-refractivity contribution in [3.05, 3.63) is 58.5 Å². The summed E-state index contributed by atoms with van der Waals surface area (Å²) in [5.74, 6) is 0.385. The highest BCUT2D eigenvalue weighted by molar-refractivity contribution is 5.92. The Hall–Kier alpha value is -2.54. The molecule has 7 heteroatoms. The zero-order valence-corrected chi connectivity index (χ0v) is 14.0. The summed E-state index contributed by atoms with van der Waals surface area (Å²) in [6.07, 6.45) is 8.43. The number of fused-ring (bicyclic) bond motifs is 4. The number of hydrogen-bond donors (Lipinski definition) is 1. The van der Waals surface area contributed by atoms with Crippen LogP contribution in [-0.4, -0.2) is 56.3 Å². The molecule has 3 aliphatic rings. The Morgan fingerprint density at radius 3 is 2.92 bits per heavy atom. The molecule has 25 heavy (non-hydrogen) atoms. The summed E-state index contributed by atoms with van der Waals surface area (Å²) in [7, 11) is 0. The van der Waals surface area contributed by atoms with Gasteiger partial charge in [-0.05, 0) is 30.4 Å². The number of pyridine rings is 1. The maximum absolute atomic E-state index is 12.8. The van der Waals surface area contributed by atoms with Crippen LogP contribution < -0.4 is 5.56 Å². The average Bonchev–Trinajstić information content (AvgIpc) is 2.93. The molecule has 1 N–H and O–H groups in total. The van der Waals surface area contributed by atoms with E-state index in [0.29, 0.717) is 11.6 Å². The van der Waals surface area contributed by atoms with Gasteiger partial charge in [-0.3, -0.25) is 19.5 Å². The van der Waals surface area contributed by atoms with Crippen LogP contribution in [0, 0.1) is 5.92 Å². The second kappa shape index (κ2) is 6.76. The Balaban J connectivity index is 1.50. The normalized spacial score (nSPS) is 23.4. The first-order valence-corrected chi connectivity index (χ1v) is 8.66. The minimum Gasteiger partial charge on any atom is -0.333 e. The third kappa shape index (κ3) is 3.46. The lowest BCUT2D eigenvalue weighted by atomic mass is 9.95. The SMILES string of the molecule is O=C(c1c[nH]c(=O)cn1)N1C[C@H]2CC[C@@H]1CN(Cc1cccnc1)C2. The lowest BCUT2D eigenvalue weighted by Gasteiger charge is -2.36. The van der Waals surface area contributed by atoms with E-state index < -0.39 is 0 Å². The first-order chi connectivity index (χ1) is 12.2. The van der Waals surface area contributed by atoms with Gasteiger partial charge >= 0.3 is 0 Å². The molecule has 2 atom stereocenters. The van der Waals surface area contributed by atoms with Gasteiger partial charge < -0.3 is 9.88 Å². The zero-order chi connectivity index (χ0) is 17.2. The summed E-state index contributed by atoms with van der Waals surface area (Å²) in [4.78, 5) is 39.1. The van der Waals surface area contributed by atoms with Crippen molar-refractivity contribution in [3.8, 4) is 0 Å². The second-order valence-electron chi connectivity index (χ2n) is 6.91. The van der Waals surface area contributed by atoms with Crippen LogP contribution in [0.3, 0.4) is 0 Å². The summed E-state index contributed by atoms with van der Waals surface area (Å²) in [5, 5.41) is 0. The third-order valence-corrected chi connectivity index (χ3v) is 5.07. The molecular formula is C18H21N5O2. The van der Waals surface area contributed by atoms with Crippen LogP contribution in [0.4, 0.5) is 0 Å². The molecule has 3 saturated heterocycles. The van der Waals surface area contributed by atoms with Crippen molar-refractivity contribution in [1.29, 1.82) is 0 Å². The Kier molecular flexibility index (Phi) is 4.31. The standard InChI is InChI=1S/C18H21N5O2/c24-17-8-20-16(7-21-17)18(25)23-11-14-3-4-15(23)12-22(10-14)9-13-2-1-5-19-6-13/h1-2,5-8,14-15H,3-4,9-12H2,(H,21,24)/t14-,15+/m0/s1. The Bertz CT molecular complexity index is 786. The molecule has 3 aliphatic heterocycles. The first kappa shape index (κ1) is 16.0. The van der Waals surface area contributed by atoms with Crippen molar-refractivity contribution in [2.45, 2.75) is 25.4 Å². The van der Waals surface area contributed by atoms with Gasteiger partial charge in [0.15, 0.2) is 0 Å². The molecule has 0 unspecified atom stereocenters. The number of hydrogen-bond acceptors (Lipinski definition) is 5. The molecule has 7 nitrogen and oxygen atoms in total. The van der Waals surface area contributed by atoms with E-state index in [-0.39, 0.29) is 17.5 Å². The fraction of sp³-hybridized carbons (Fsp3) is 0.444. The van der Waals surface area contributed by atoms with Gasteiger partial charge in [0.1, 0.15) is 5.69 Å². The van der Waals surface area contributed by atoms with Gasteiger partial charge in [0, 0.05) is 50.8 Å². The minimum absolute atomic E-state index is 0.0887. The van der Waals surface area contributed by atoms with Crippen LogP contribution in [0.25, 0.3) is 0 Å². The van der Waals surface area contributed by atoms with Gasteiger partial charge in [-0.15, -0.1) is 0 Å². The number of piperidine rings is 1. The fourth-order valence-electron chi connectivity index (χ4n) is 3.91. The van der Waals surface area contributed by atoms with Crippen molar-refractivity contribution in [2.24, 2.45) is 5.92 Å². The molecule has 1 amide bonds. The lowest BCUT2D eigenvalue weighted by Crippen LogP contribution is -2.47. The summed E-state index contributed by atoms with van der Waals surface area (Å²) in [6.45, 7) is 3.47. The second-order valence-corrected chi connectivity index (χ2v) is 6.91. The molecule has 0 aromatic carbocycles. The number of rotatable bonds is 3. The summed E-state index contributed by atoms with van der Waals surface area (Å²) >= 11 is 0. The molecule has 3 fully saturated rings. The molecular weight excluding hydrogens is 318 g/mol. The maximum atomic E-state index is 12.8. The number of amides is 1. The molecule has 0 saturated carbocycles. The van der Waals surface area contributed by atoms with Gasteiger partial charge in [0.25, 0.3) is 11.5 Å². The van der Waals surface area contributed by atoms with Crippen LogP contribution in [0.2, 0.25) is 0 Å². The van der Waals surface area contributed by atoms with Crippen LogP contribution in [0.5, 0.6) is 0 Å². The van der Waals surface area contributed by atoms with Gasteiger partial charge in [-0.2, -0.15) is 0 Å². The van der Waals surface area contributed by atoms with Crippen molar-refractivity contribution in [2.75, 3.05) is 19.6 Å². The van der Waals surface area contributed by atoms with Crippen LogP contribution in [0.1, 0.15) is 28.9 Å². The maximum Gasteiger partial charge on any atom is 0.274 e. The Morgan fingerprint density at radius 2 is 2.16 bits per heavy atom. The van der Waals surface area contributed by atoms with Gasteiger partial charge in [-0.1, -0.05) is 6.07 Å². The van der Waals surface area contributed by atoms with Crippen LogP contribution in [0.15, 0.2) is 41.7 Å². The molecule has 5 rings (SSSR count). The van der Waals surface area contributed by atoms with Crippen LogP contribution >= 0.6 is 0 Å². The topological polar surface area (TPSA) is 82.2 Å². The van der Waals surface area contributed by atoms with E-state index in [1.54, 1.807) is 6.20 Å². The highest BCUT2D eigenvalue weighted by Gasteiger charge is 2.37. The Morgan fingerprint density at radius 1 is 1.24 bits per heavy atom. The fourth-order valence-corrected chi connectivity index (χ4v) is 3.91. The van der Waals surface area contributed by atoms with Crippen molar-refractivity contribution in [3.63, 3.8) is 0 Å². The molecule has 5 heterocycles. The monoisotopic (exact) mass is 339 g/mol. The largest absolute Gasteiger partial charge is 0.333 e. The zero-order valence-electron chi connectivity index (χ0n) is 14.0. The van der Waals surface area contributed by atoms with Crippen molar-refractivity contribution < 1.29 is 4.79 Å². The van der Waals surface area contributed by atoms with Gasteiger partial charge in [-0.25, -0.2) is 4.98 Å². The minimum atomic E-state index is -0.295.